The first-order valence-electron chi connectivity index (χ1n) is 6.98. The Kier molecular flexibility index (Phi) is 3.64. The fraction of sp³-hybridized carbons (Fsp3) is 0.500. The quantitative estimate of drug-likeness (QED) is 0.863. The summed E-state index contributed by atoms with van der Waals surface area (Å²) in [4.78, 5) is 0. The monoisotopic (exact) mass is 274 g/mol. The van der Waals surface area contributed by atoms with E-state index in [-0.39, 0.29) is 13.2 Å². The van der Waals surface area contributed by atoms with Crippen LogP contribution in [0.5, 0.6) is 5.75 Å². The van der Waals surface area contributed by atoms with Crippen LogP contribution < -0.4 is 4.74 Å². The van der Waals surface area contributed by atoms with Crippen molar-refractivity contribution in [3.63, 3.8) is 0 Å². The number of hydrogen-bond donors (Lipinski definition) is 1. The maximum absolute atomic E-state index is 8.93. The fourth-order valence-electron chi connectivity index (χ4n) is 2.19. The van der Waals surface area contributed by atoms with E-state index in [4.69, 9.17) is 9.84 Å². The molecule has 1 saturated carbocycles. The molecule has 1 aromatic carbocycles. The van der Waals surface area contributed by atoms with Crippen LogP contribution in [0.2, 0.25) is 0 Å². The van der Waals surface area contributed by atoms with Gasteiger partial charge in [-0.25, -0.2) is 0 Å². The predicted octanol–water partition coefficient (Wildman–Crippen LogP) is 1.47. The number of tetrazole rings is 1. The van der Waals surface area contributed by atoms with Gasteiger partial charge in [-0.2, -0.15) is 4.68 Å². The molecule has 1 heterocycles. The minimum atomic E-state index is -0.0138. The average molecular weight is 274 g/mol. The van der Waals surface area contributed by atoms with Gasteiger partial charge in [-0.3, -0.25) is 0 Å². The van der Waals surface area contributed by atoms with Gasteiger partial charge in [0.1, 0.15) is 18.0 Å². The number of aliphatic hydroxyl groups excluding tert-OH is 1. The van der Waals surface area contributed by atoms with E-state index in [0.717, 1.165) is 30.8 Å². The number of aromatic nitrogens is 4. The van der Waals surface area contributed by atoms with E-state index in [1.807, 2.05) is 12.1 Å². The van der Waals surface area contributed by atoms with E-state index in [0.29, 0.717) is 11.7 Å². The lowest BCUT2D eigenvalue weighted by Crippen LogP contribution is -2.08. The van der Waals surface area contributed by atoms with Crippen molar-refractivity contribution in [2.24, 2.45) is 0 Å². The molecule has 1 aliphatic rings. The minimum Gasteiger partial charge on any atom is -0.489 e. The van der Waals surface area contributed by atoms with Crippen molar-refractivity contribution >= 4 is 0 Å². The van der Waals surface area contributed by atoms with Crippen molar-refractivity contribution in [3.8, 4) is 11.4 Å². The van der Waals surface area contributed by atoms with Gasteiger partial charge in [-0.1, -0.05) is 13.0 Å². The van der Waals surface area contributed by atoms with E-state index in [1.165, 1.54) is 5.56 Å². The van der Waals surface area contributed by atoms with Crippen LogP contribution in [0.25, 0.3) is 5.69 Å². The second-order valence-corrected chi connectivity index (χ2v) is 4.95. The molecule has 6 nitrogen and oxygen atoms in total. The minimum absolute atomic E-state index is 0.0138. The van der Waals surface area contributed by atoms with Crippen LogP contribution in [0.1, 0.15) is 37.1 Å². The SMILES string of the molecule is CCc1ccc(OCCO)c(-n2nnnc2C2CC2)c1. The molecule has 20 heavy (non-hydrogen) atoms. The zero-order valence-electron chi connectivity index (χ0n) is 11.5. The van der Waals surface area contributed by atoms with Crippen LogP contribution in [0, 0.1) is 0 Å². The number of hydrogen-bond acceptors (Lipinski definition) is 5. The predicted molar refractivity (Wildman–Crippen MR) is 73.1 cm³/mol. The molecule has 0 unspecified atom stereocenters. The lowest BCUT2D eigenvalue weighted by Gasteiger charge is -2.12. The molecule has 1 aliphatic carbocycles. The number of rotatable bonds is 6. The summed E-state index contributed by atoms with van der Waals surface area (Å²) < 4.78 is 7.37. The zero-order chi connectivity index (χ0) is 13.9. The third-order valence-corrected chi connectivity index (χ3v) is 3.44. The number of aliphatic hydroxyl groups is 1. The first-order chi connectivity index (χ1) is 9.83. The molecule has 1 aromatic heterocycles. The topological polar surface area (TPSA) is 73.1 Å². The van der Waals surface area contributed by atoms with Gasteiger partial charge in [-0.05, 0) is 47.4 Å². The van der Waals surface area contributed by atoms with Crippen molar-refractivity contribution in [2.45, 2.75) is 32.1 Å². The van der Waals surface area contributed by atoms with Crippen LogP contribution in [0.4, 0.5) is 0 Å². The van der Waals surface area contributed by atoms with Crippen molar-refractivity contribution in [3.05, 3.63) is 29.6 Å². The van der Waals surface area contributed by atoms with Crippen LogP contribution in [-0.4, -0.2) is 38.5 Å². The molecule has 0 bridgehead atoms. The van der Waals surface area contributed by atoms with Crippen molar-refractivity contribution in [1.82, 2.24) is 20.2 Å². The molecular weight excluding hydrogens is 256 g/mol. The smallest absolute Gasteiger partial charge is 0.159 e. The highest BCUT2D eigenvalue weighted by Gasteiger charge is 2.30. The highest BCUT2D eigenvalue weighted by atomic mass is 16.5. The molecule has 0 aliphatic heterocycles. The van der Waals surface area contributed by atoms with Crippen LogP contribution in [0.3, 0.4) is 0 Å². The molecule has 3 rings (SSSR count). The number of nitrogens with zero attached hydrogens (tertiary/aromatic N) is 4. The van der Waals surface area contributed by atoms with Gasteiger partial charge in [0.15, 0.2) is 5.82 Å². The van der Waals surface area contributed by atoms with E-state index in [1.54, 1.807) is 4.68 Å². The molecule has 0 amide bonds. The highest BCUT2D eigenvalue weighted by molar-refractivity contribution is 5.49. The standard InChI is InChI=1S/C14H18N4O2/c1-2-10-3-6-13(20-8-7-19)12(9-10)18-14(11-4-5-11)15-16-17-18/h3,6,9,11,19H,2,4-5,7-8H2,1H3. The van der Waals surface area contributed by atoms with E-state index < -0.39 is 0 Å². The van der Waals surface area contributed by atoms with Crippen LogP contribution in [-0.2, 0) is 6.42 Å². The van der Waals surface area contributed by atoms with Gasteiger partial charge < -0.3 is 9.84 Å². The summed E-state index contributed by atoms with van der Waals surface area (Å²) in [5.74, 6) is 2.05. The van der Waals surface area contributed by atoms with Gasteiger partial charge in [0.25, 0.3) is 0 Å². The van der Waals surface area contributed by atoms with Crippen LogP contribution >= 0.6 is 0 Å². The summed E-state index contributed by atoms with van der Waals surface area (Å²) in [6.45, 7) is 2.36. The highest BCUT2D eigenvalue weighted by Crippen LogP contribution is 2.40. The van der Waals surface area contributed by atoms with Gasteiger partial charge in [-0.15, -0.1) is 5.10 Å². The molecular formula is C14H18N4O2. The molecule has 1 N–H and O–H groups in total. The lowest BCUT2D eigenvalue weighted by atomic mass is 10.1. The molecule has 0 atom stereocenters. The third-order valence-electron chi connectivity index (χ3n) is 3.44. The normalized spacial score (nSPS) is 14.5. The first kappa shape index (κ1) is 13.1. The summed E-state index contributed by atoms with van der Waals surface area (Å²) in [5, 5.41) is 21.0. The fourth-order valence-corrected chi connectivity index (χ4v) is 2.19. The summed E-state index contributed by atoms with van der Waals surface area (Å²) in [6.07, 6.45) is 3.22. The van der Waals surface area contributed by atoms with E-state index in [2.05, 4.69) is 28.5 Å². The maximum Gasteiger partial charge on any atom is 0.159 e. The summed E-state index contributed by atoms with van der Waals surface area (Å²) in [6, 6.07) is 5.99. The molecule has 0 radical (unpaired) electrons. The number of ether oxygens (including phenoxy) is 1. The zero-order valence-corrected chi connectivity index (χ0v) is 11.5. The Labute approximate surface area is 117 Å². The number of aryl methyl sites for hydroxylation is 1. The second kappa shape index (κ2) is 5.58. The van der Waals surface area contributed by atoms with Crippen molar-refractivity contribution < 1.29 is 9.84 Å². The molecule has 0 spiro atoms. The third kappa shape index (κ3) is 2.51. The van der Waals surface area contributed by atoms with Crippen molar-refractivity contribution in [2.75, 3.05) is 13.2 Å². The lowest BCUT2D eigenvalue weighted by molar-refractivity contribution is 0.201. The Balaban J connectivity index is 2.02. The molecule has 106 valence electrons. The van der Waals surface area contributed by atoms with E-state index in [9.17, 15) is 0 Å². The summed E-state index contributed by atoms with van der Waals surface area (Å²) in [5.41, 5.74) is 2.05. The Morgan fingerprint density at radius 3 is 2.95 bits per heavy atom. The van der Waals surface area contributed by atoms with Gasteiger partial charge in [0.2, 0.25) is 0 Å². The molecule has 1 fully saturated rings. The second-order valence-electron chi connectivity index (χ2n) is 4.95. The molecule has 6 heteroatoms. The van der Waals surface area contributed by atoms with E-state index >= 15 is 0 Å². The Morgan fingerprint density at radius 2 is 2.25 bits per heavy atom. The molecule has 0 saturated heterocycles. The Morgan fingerprint density at radius 1 is 1.40 bits per heavy atom. The summed E-state index contributed by atoms with van der Waals surface area (Å²) >= 11 is 0. The van der Waals surface area contributed by atoms with Gasteiger partial charge in [0.05, 0.1) is 6.61 Å². The average Bonchev–Trinajstić information content (AvgIpc) is 3.22. The van der Waals surface area contributed by atoms with Gasteiger partial charge in [0, 0.05) is 5.92 Å². The first-order valence-corrected chi connectivity index (χ1v) is 6.98. The summed E-state index contributed by atoms with van der Waals surface area (Å²) in [7, 11) is 0. The Hall–Kier alpha value is -1.95. The van der Waals surface area contributed by atoms with Crippen LogP contribution in [0.15, 0.2) is 18.2 Å². The van der Waals surface area contributed by atoms with Gasteiger partial charge >= 0.3 is 0 Å². The molecule has 2 aromatic rings. The maximum atomic E-state index is 8.93. The van der Waals surface area contributed by atoms with Crippen molar-refractivity contribution in [1.29, 1.82) is 0 Å². The Bertz CT molecular complexity index is 593. The largest absolute Gasteiger partial charge is 0.489 e. The number of benzene rings is 1.